The van der Waals surface area contributed by atoms with Gasteiger partial charge in [-0.05, 0) is 50.2 Å². The summed E-state index contributed by atoms with van der Waals surface area (Å²) in [5, 5.41) is 0.503. The molecule has 0 aliphatic heterocycles. The van der Waals surface area contributed by atoms with Gasteiger partial charge in [0, 0.05) is 4.90 Å². The molecule has 0 spiro atoms. The molecule has 0 atom stereocenters. The first-order chi connectivity index (χ1) is 13.9. The van der Waals surface area contributed by atoms with Gasteiger partial charge in [0.1, 0.15) is 5.03 Å². The predicted octanol–water partition coefficient (Wildman–Crippen LogP) is 5.20. The Hall–Kier alpha value is -2.90. The lowest BCUT2D eigenvalue weighted by Gasteiger charge is -2.12. The van der Waals surface area contributed by atoms with E-state index in [1.165, 1.54) is 11.8 Å². The zero-order chi connectivity index (χ0) is 20.4. The number of nitrogens with one attached hydrogen (secondary N) is 1. The molecule has 0 saturated heterocycles. The Labute approximate surface area is 174 Å². The van der Waals surface area contributed by atoms with Gasteiger partial charge in [0.2, 0.25) is 0 Å². The molecule has 5 nitrogen and oxygen atoms in total. The Morgan fingerprint density at radius 1 is 0.759 bits per heavy atom. The van der Waals surface area contributed by atoms with Crippen LogP contribution in [0.3, 0.4) is 0 Å². The van der Waals surface area contributed by atoms with Gasteiger partial charge in [-0.1, -0.05) is 59.3 Å². The molecule has 0 unspecified atom stereocenters. The highest BCUT2D eigenvalue weighted by atomic mass is 32.2. The third kappa shape index (κ3) is 4.41. The Morgan fingerprint density at radius 2 is 1.31 bits per heavy atom. The van der Waals surface area contributed by atoms with E-state index in [2.05, 4.69) is 14.7 Å². The zero-order valence-electron chi connectivity index (χ0n) is 16.0. The lowest BCUT2D eigenvalue weighted by Crippen LogP contribution is -2.15. The van der Waals surface area contributed by atoms with E-state index in [0.29, 0.717) is 16.1 Å². The standard InChI is InChI=1S/C22H19N3O2S2/c1-15-7-11-17(12-8-15)28-22-21(23-19-5-3-4-6-20(19)24-22)25-29(26,27)18-13-9-16(2)10-14-18/h3-14H,1-2H3,(H,23,25). The van der Waals surface area contributed by atoms with Gasteiger partial charge in [0.15, 0.2) is 5.82 Å². The van der Waals surface area contributed by atoms with E-state index >= 15 is 0 Å². The van der Waals surface area contributed by atoms with Crippen molar-refractivity contribution < 1.29 is 8.42 Å². The fourth-order valence-electron chi connectivity index (χ4n) is 2.74. The maximum absolute atomic E-state index is 12.9. The first-order valence-electron chi connectivity index (χ1n) is 9.01. The van der Waals surface area contributed by atoms with E-state index in [0.717, 1.165) is 16.0 Å². The van der Waals surface area contributed by atoms with E-state index in [-0.39, 0.29) is 10.7 Å². The number of aryl methyl sites for hydroxylation is 2. The first-order valence-corrected chi connectivity index (χ1v) is 11.3. The van der Waals surface area contributed by atoms with Crippen LogP contribution in [0.1, 0.15) is 11.1 Å². The molecule has 1 aromatic heterocycles. The van der Waals surface area contributed by atoms with Crippen molar-refractivity contribution in [2.45, 2.75) is 28.7 Å². The van der Waals surface area contributed by atoms with Crippen molar-refractivity contribution in [3.05, 3.63) is 83.9 Å². The van der Waals surface area contributed by atoms with Crippen LogP contribution in [0.4, 0.5) is 5.82 Å². The lowest BCUT2D eigenvalue weighted by atomic mass is 10.2. The normalized spacial score (nSPS) is 11.5. The second kappa shape index (κ2) is 7.85. The largest absolute Gasteiger partial charge is 0.263 e. The average molecular weight is 422 g/mol. The summed E-state index contributed by atoms with van der Waals surface area (Å²) in [6, 6.07) is 22.1. The van der Waals surface area contributed by atoms with Crippen LogP contribution in [-0.2, 0) is 10.0 Å². The Bertz CT molecular complexity index is 1270. The van der Waals surface area contributed by atoms with Crippen LogP contribution in [0.2, 0.25) is 0 Å². The fraction of sp³-hybridized carbons (Fsp3) is 0.0909. The molecule has 0 bridgehead atoms. The molecule has 0 aliphatic carbocycles. The van der Waals surface area contributed by atoms with Gasteiger partial charge in [-0.15, -0.1) is 0 Å². The summed E-state index contributed by atoms with van der Waals surface area (Å²) in [7, 11) is -3.79. The van der Waals surface area contributed by atoms with Gasteiger partial charge in [0.25, 0.3) is 10.0 Å². The Balaban J connectivity index is 1.77. The summed E-state index contributed by atoms with van der Waals surface area (Å²) in [6.07, 6.45) is 0. The maximum atomic E-state index is 12.9. The zero-order valence-corrected chi connectivity index (χ0v) is 17.6. The summed E-state index contributed by atoms with van der Waals surface area (Å²) >= 11 is 1.38. The quantitative estimate of drug-likeness (QED) is 0.480. The van der Waals surface area contributed by atoms with Crippen molar-refractivity contribution in [2.24, 2.45) is 0 Å². The van der Waals surface area contributed by atoms with Crippen molar-refractivity contribution in [1.29, 1.82) is 0 Å². The minimum atomic E-state index is -3.79. The molecule has 0 amide bonds. The average Bonchev–Trinajstić information content (AvgIpc) is 2.70. The lowest BCUT2D eigenvalue weighted by molar-refractivity contribution is 0.601. The molecule has 3 aromatic carbocycles. The van der Waals surface area contributed by atoms with E-state index in [4.69, 9.17) is 0 Å². The number of hydrogen-bond acceptors (Lipinski definition) is 5. The van der Waals surface area contributed by atoms with Crippen LogP contribution in [0.15, 0.2) is 87.6 Å². The second-order valence-electron chi connectivity index (χ2n) is 6.70. The van der Waals surface area contributed by atoms with E-state index < -0.39 is 10.0 Å². The van der Waals surface area contributed by atoms with Gasteiger partial charge >= 0.3 is 0 Å². The SMILES string of the molecule is Cc1ccc(Sc2nc3ccccc3nc2NS(=O)(=O)c2ccc(C)cc2)cc1. The molecule has 4 aromatic rings. The molecule has 0 fully saturated rings. The molecule has 0 saturated carbocycles. The van der Waals surface area contributed by atoms with Crippen LogP contribution in [0, 0.1) is 13.8 Å². The molecule has 1 N–H and O–H groups in total. The van der Waals surface area contributed by atoms with Crippen LogP contribution < -0.4 is 4.72 Å². The van der Waals surface area contributed by atoms with E-state index in [9.17, 15) is 8.42 Å². The van der Waals surface area contributed by atoms with Gasteiger partial charge in [-0.3, -0.25) is 4.72 Å². The molecule has 146 valence electrons. The number of aromatic nitrogens is 2. The van der Waals surface area contributed by atoms with Gasteiger partial charge in [-0.2, -0.15) is 0 Å². The number of para-hydroxylation sites is 2. The molecular formula is C22H19N3O2S2. The number of nitrogens with zero attached hydrogens (tertiary/aromatic N) is 2. The van der Waals surface area contributed by atoms with Crippen molar-refractivity contribution in [1.82, 2.24) is 9.97 Å². The van der Waals surface area contributed by atoms with Crippen molar-refractivity contribution in [2.75, 3.05) is 4.72 Å². The third-order valence-corrected chi connectivity index (χ3v) is 6.68. The minimum absolute atomic E-state index is 0.185. The highest BCUT2D eigenvalue weighted by Crippen LogP contribution is 2.33. The second-order valence-corrected chi connectivity index (χ2v) is 9.44. The maximum Gasteiger partial charge on any atom is 0.263 e. The summed E-state index contributed by atoms with van der Waals surface area (Å²) in [5.41, 5.74) is 3.48. The molecule has 0 radical (unpaired) electrons. The molecule has 0 aliphatic rings. The third-order valence-electron chi connectivity index (χ3n) is 4.34. The first kappa shape index (κ1) is 19.4. The summed E-state index contributed by atoms with van der Waals surface area (Å²) in [6.45, 7) is 3.93. The van der Waals surface area contributed by atoms with Crippen LogP contribution in [0.5, 0.6) is 0 Å². The smallest absolute Gasteiger partial charge is 0.261 e. The summed E-state index contributed by atoms with van der Waals surface area (Å²) in [5.74, 6) is 0.217. The molecular weight excluding hydrogens is 402 g/mol. The van der Waals surface area contributed by atoms with Crippen LogP contribution in [-0.4, -0.2) is 18.4 Å². The monoisotopic (exact) mass is 421 g/mol. The highest BCUT2D eigenvalue weighted by Gasteiger charge is 2.19. The number of anilines is 1. The number of sulfonamides is 1. The number of rotatable bonds is 5. The predicted molar refractivity (Wildman–Crippen MR) is 117 cm³/mol. The van der Waals surface area contributed by atoms with Crippen molar-refractivity contribution in [3.8, 4) is 0 Å². The van der Waals surface area contributed by atoms with Crippen molar-refractivity contribution in [3.63, 3.8) is 0 Å². The van der Waals surface area contributed by atoms with Gasteiger partial charge < -0.3 is 0 Å². The molecule has 29 heavy (non-hydrogen) atoms. The number of benzene rings is 3. The summed E-state index contributed by atoms with van der Waals surface area (Å²) in [4.78, 5) is 10.3. The Morgan fingerprint density at radius 3 is 1.93 bits per heavy atom. The number of fused-ring (bicyclic) bond motifs is 1. The molecule has 4 rings (SSSR count). The van der Waals surface area contributed by atoms with E-state index in [1.54, 1.807) is 24.3 Å². The minimum Gasteiger partial charge on any atom is -0.261 e. The fourth-order valence-corrected chi connectivity index (χ4v) is 4.65. The van der Waals surface area contributed by atoms with Gasteiger partial charge in [0.05, 0.1) is 15.9 Å². The molecule has 1 heterocycles. The Kier molecular flexibility index (Phi) is 5.25. The molecule has 7 heteroatoms. The van der Waals surface area contributed by atoms with E-state index in [1.807, 2.05) is 62.4 Å². The van der Waals surface area contributed by atoms with Crippen molar-refractivity contribution >= 4 is 38.6 Å². The van der Waals surface area contributed by atoms with Crippen LogP contribution >= 0.6 is 11.8 Å². The topological polar surface area (TPSA) is 72.0 Å². The highest BCUT2D eigenvalue weighted by molar-refractivity contribution is 7.99. The van der Waals surface area contributed by atoms with Gasteiger partial charge in [-0.25, -0.2) is 18.4 Å². The number of hydrogen-bond donors (Lipinski definition) is 1. The van der Waals surface area contributed by atoms with Crippen LogP contribution in [0.25, 0.3) is 11.0 Å². The summed E-state index contributed by atoms with van der Waals surface area (Å²) < 4.78 is 28.4.